The van der Waals surface area contributed by atoms with E-state index >= 15 is 0 Å². The number of aliphatic hydroxyl groups is 1. The second-order valence-corrected chi connectivity index (χ2v) is 4.96. The van der Waals surface area contributed by atoms with Gasteiger partial charge in [0, 0.05) is 19.7 Å². The van der Waals surface area contributed by atoms with Crippen molar-refractivity contribution in [2.45, 2.75) is 33.6 Å². The normalized spacial score (nSPS) is 11.0. The van der Waals surface area contributed by atoms with E-state index in [1.807, 2.05) is 6.07 Å². The van der Waals surface area contributed by atoms with Crippen molar-refractivity contribution in [2.75, 3.05) is 32.8 Å². The molecule has 1 rings (SSSR count). The van der Waals surface area contributed by atoms with E-state index in [1.165, 1.54) is 11.1 Å². The summed E-state index contributed by atoms with van der Waals surface area (Å²) in [5.41, 5.74) is 2.57. The second-order valence-electron chi connectivity index (χ2n) is 4.96. The summed E-state index contributed by atoms with van der Waals surface area (Å²) >= 11 is 0. The zero-order valence-electron chi connectivity index (χ0n) is 12.5. The fourth-order valence-electron chi connectivity index (χ4n) is 2.00. The first-order valence-electron chi connectivity index (χ1n) is 7.20. The topological polar surface area (TPSA) is 32.7 Å². The molecule has 0 aromatic heterocycles. The molecule has 3 heteroatoms. The van der Waals surface area contributed by atoms with E-state index in [0.29, 0.717) is 0 Å². The molecule has 0 saturated heterocycles. The first-order chi connectivity index (χ1) is 9.17. The lowest BCUT2D eigenvalue weighted by Gasteiger charge is -2.19. The fourth-order valence-corrected chi connectivity index (χ4v) is 2.00. The van der Waals surface area contributed by atoms with E-state index < -0.39 is 0 Å². The van der Waals surface area contributed by atoms with Crippen LogP contribution in [0.3, 0.4) is 0 Å². The molecule has 0 bridgehead atoms. The van der Waals surface area contributed by atoms with E-state index in [1.54, 1.807) is 0 Å². The summed E-state index contributed by atoms with van der Waals surface area (Å²) in [4.78, 5) is 2.35. The summed E-state index contributed by atoms with van der Waals surface area (Å²) in [5.74, 6) is 0.960. The highest BCUT2D eigenvalue weighted by molar-refractivity contribution is 5.33. The van der Waals surface area contributed by atoms with E-state index in [2.05, 4.69) is 37.8 Å². The number of hydrogen-bond donors (Lipinski definition) is 1. The molecule has 1 N–H and O–H groups in total. The van der Waals surface area contributed by atoms with Gasteiger partial charge in [-0.25, -0.2) is 0 Å². The third-order valence-corrected chi connectivity index (χ3v) is 3.45. The smallest absolute Gasteiger partial charge is 0.119 e. The summed E-state index contributed by atoms with van der Waals surface area (Å²) in [7, 11) is 0. The van der Waals surface area contributed by atoms with Crippen molar-refractivity contribution in [3.63, 3.8) is 0 Å². The first kappa shape index (κ1) is 16.0. The van der Waals surface area contributed by atoms with Crippen LogP contribution in [0.5, 0.6) is 5.75 Å². The molecule has 0 fully saturated rings. The van der Waals surface area contributed by atoms with Crippen molar-refractivity contribution in [1.29, 1.82) is 0 Å². The van der Waals surface area contributed by atoms with Gasteiger partial charge in [-0.15, -0.1) is 0 Å². The Morgan fingerprint density at radius 2 is 1.84 bits per heavy atom. The number of hydrogen-bond acceptors (Lipinski definition) is 3. The maximum absolute atomic E-state index is 8.83. The van der Waals surface area contributed by atoms with Gasteiger partial charge in [0.05, 0.1) is 6.61 Å². The number of rotatable bonds is 9. The van der Waals surface area contributed by atoms with Crippen LogP contribution in [-0.4, -0.2) is 42.9 Å². The molecule has 1 aromatic rings. The number of ether oxygens (including phenoxy) is 1. The Morgan fingerprint density at radius 1 is 1.11 bits per heavy atom. The van der Waals surface area contributed by atoms with Crippen molar-refractivity contribution < 1.29 is 9.84 Å². The standard InChI is InChI=1S/C16H27NO2/c1-4-17(9-5-11-18)10-6-12-19-16-8-7-14(2)15(3)13-16/h7-8,13,18H,4-6,9-12H2,1-3H3. The molecule has 108 valence electrons. The average Bonchev–Trinajstić information content (AvgIpc) is 2.42. The van der Waals surface area contributed by atoms with Gasteiger partial charge in [0.1, 0.15) is 5.75 Å². The van der Waals surface area contributed by atoms with Gasteiger partial charge in [0.2, 0.25) is 0 Å². The molecule has 19 heavy (non-hydrogen) atoms. The van der Waals surface area contributed by atoms with Crippen molar-refractivity contribution in [2.24, 2.45) is 0 Å². The van der Waals surface area contributed by atoms with Crippen LogP contribution < -0.4 is 4.74 Å². The number of benzene rings is 1. The highest BCUT2D eigenvalue weighted by Crippen LogP contribution is 2.16. The molecule has 3 nitrogen and oxygen atoms in total. The minimum absolute atomic E-state index is 0.273. The minimum atomic E-state index is 0.273. The lowest BCUT2D eigenvalue weighted by molar-refractivity contribution is 0.213. The molecule has 0 unspecified atom stereocenters. The maximum Gasteiger partial charge on any atom is 0.119 e. The monoisotopic (exact) mass is 265 g/mol. The van der Waals surface area contributed by atoms with Crippen molar-refractivity contribution in [3.05, 3.63) is 29.3 Å². The Morgan fingerprint density at radius 3 is 2.47 bits per heavy atom. The van der Waals surface area contributed by atoms with Crippen LogP contribution >= 0.6 is 0 Å². The van der Waals surface area contributed by atoms with Gasteiger partial charge in [-0.05, 0) is 56.5 Å². The molecular weight excluding hydrogens is 238 g/mol. The Labute approximate surface area is 117 Å². The van der Waals surface area contributed by atoms with Crippen LogP contribution in [0.25, 0.3) is 0 Å². The Kier molecular flexibility index (Phi) is 7.53. The molecule has 0 heterocycles. The third kappa shape index (κ3) is 6.08. The average molecular weight is 265 g/mol. The van der Waals surface area contributed by atoms with Gasteiger partial charge < -0.3 is 14.7 Å². The third-order valence-electron chi connectivity index (χ3n) is 3.45. The Hall–Kier alpha value is -1.06. The van der Waals surface area contributed by atoms with Crippen molar-refractivity contribution in [1.82, 2.24) is 4.90 Å². The molecule has 0 saturated carbocycles. The van der Waals surface area contributed by atoms with Crippen molar-refractivity contribution in [3.8, 4) is 5.75 Å². The second kappa shape index (κ2) is 8.94. The van der Waals surface area contributed by atoms with Crippen LogP contribution in [0.4, 0.5) is 0 Å². The van der Waals surface area contributed by atoms with E-state index in [-0.39, 0.29) is 6.61 Å². The quantitative estimate of drug-likeness (QED) is 0.697. The largest absolute Gasteiger partial charge is 0.494 e. The molecule has 0 spiro atoms. The van der Waals surface area contributed by atoms with E-state index in [9.17, 15) is 0 Å². The van der Waals surface area contributed by atoms with E-state index in [4.69, 9.17) is 9.84 Å². The SMILES string of the molecule is CCN(CCCO)CCCOc1ccc(C)c(C)c1. The highest BCUT2D eigenvalue weighted by atomic mass is 16.5. The molecule has 0 atom stereocenters. The number of aliphatic hydroxyl groups excluding tert-OH is 1. The number of aryl methyl sites for hydroxylation is 2. The van der Waals surface area contributed by atoms with Gasteiger partial charge in [0.25, 0.3) is 0 Å². The molecule has 1 aromatic carbocycles. The lowest BCUT2D eigenvalue weighted by Crippen LogP contribution is -2.27. The minimum Gasteiger partial charge on any atom is -0.494 e. The van der Waals surface area contributed by atoms with E-state index in [0.717, 1.165) is 44.8 Å². The van der Waals surface area contributed by atoms with Gasteiger partial charge in [-0.1, -0.05) is 13.0 Å². The summed E-state index contributed by atoms with van der Waals surface area (Å²) < 4.78 is 5.77. The molecule has 0 aliphatic rings. The zero-order valence-corrected chi connectivity index (χ0v) is 12.5. The molecule has 0 aliphatic heterocycles. The van der Waals surface area contributed by atoms with Crippen LogP contribution in [-0.2, 0) is 0 Å². The summed E-state index contributed by atoms with van der Waals surface area (Å²) in [5, 5.41) is 8.83. The summed E-state index contributed by atoms with van der Waals surface area (Å²) in [6.07, 6.45) is 1.87. The molecule has 0 amide bonds. The Bertz CT molecular complexity index is 366. The van der Waals surface area contributed by atoms with Crippen LogP contribution in [0.1, 0.15) is 30.9 Å². The Balaban J connectivity index is 2.24. The first-order valence-corrected chi connectivity index (χ1v) is 7.20. The van der Waals surface area contributed by atoms with Gasteiger partial charge >= 0.3 is 0 Å². The lowest BCUT2D eigenvalue weighted by atomic mass is 10.1. The van der Waals surface area contributed by atoms with Crippen molar-refractivity contribution >= 4 is 0 Å². The van der Waals surface area contributed by atoms with Gasteiger partial charge in [0.15, 0.2) is 0 Å². The summed E-state index contributed by atoms with van der Waals surface area (Å²) in [6, 6.07) is 6.23. The predicted octanol–water partition coefficient (Wildman–Crippen LogP) is 2.78. The molecular formula is C16H27NO2. The van der Waals surface area contributed by atoms with Crippen LogP contribution in [0.2, 0.25) is 0 Å². The van der Waals surface area contributed by atoms with Crippen LogP contribution in [0.15, 0.2) is 18.2 Å². The molecule has 0 radical (unpaired) electrons. The highest BCUT2D eigenvalue weighted by Gasteiger charge is 2.02. The summed E-state index contributed by atoms with van der Waals surface area (Å²) in [6.45, 7) is 10.4. The number of nitrogens with zero attached hydrogens (tertiary/aromatic N) is 1. The van der Waals surface area contributed by atoms with Crippen LogP contribution in [0, 0.1) is 13.8 Å². The van der Waals surface area contributed by atoms with Gasteiger partial charge in [-0.3, -0.25) is 0 Å². The molecule has 0 aliphatic carbocycles. The zero-order chi connectivity index (χ0) is 14.1. The predicted molar refractivity (Wildman–Crippen MR) is 79.8 cm³/mol. The maximum atomic E-state index is 8.83. The fraction of sp³-hybridized carbons (Fsp3) is 0.625. The van der Waals surface area contributed by atoms with Gasteiger partial charge in [-0.2, -0.15) is 0 Å².